The van der Waals surface area contributed by atoms with Gasteiger partial charge in [0.05, 0.1) is 11.1 Å². The lowest BCUT2D eigenvalue weighted by molar-refractivity contribution is -0.297. The average Bonchev–Trinajstić information content (AvgIpc) is 3.38. The quantitative estimate of drug-likeness (QED) is 0.113. The predicted octanol–water partition coefficient (Wildman–Crippen LogP) is 8.75. The summed E-state index contributed by atoms with van der Waals surface area (Å²) in [5.74, 6) is -0.373. The highest BCUT2D eigenvalue weighted by Crippen LogP contribution is 2.44. The topological polar surface area (TPSA) is 46.4 Å². The third-order valence-corrected chi connectivity index (χ3v) is 8.91. The highest BCUT2D eigenvalue weighted by molar-refractivity contribution is 6.44. The molecule has 4 nitrogen and oxygen atoms in total. The lowest BCUT2D eigenvalue weighted by Crippen LogP contribution is -2.30. The Bertz CT molecular complexity index is 1820. The van der Waals surface area contributed by atoms with Crippen molar-refractivity contribution >= 4 is 45.9 Å². The monoisotopic (exact) mass is 580 g/mol. The summed E-state index contributed by atoms with van der Waals surface area (Å²) in [5, 5.41) is 13.7. The number of carbonyl (C=O) groups is 1. The summed E-state index contributed by atoms with van der Waals surface area (Å²) in [6.07, 6.45) is 6.61. The van der Waals surface area contributed by atoms with Gasteiger partial charge in [-0.25, -0.2) is 0 Å². The number of carbonyl (C=O) groups excluding carboxylic acids is 1. The number of rotatable bonds is 9. The van der Waals surface area contributed by atoms with E-state index < -0.39 is 0 Å². The van der Waals surface area contributed by atoms with E-state index in [2.05, 4.69) is 98.7 Å². The fraction of sp³-hybridized carbons (Fsp3) is 0.250. The number of nitrogens with zero attached hydrogens (tertiary/aromatic N) is 2. The summed E-state index contributed by atoms with van der Waals surface area (Å²) < 4.78 is 2.06. The fourth-order valence-corrected chi connectivity index (χ4v) is 6.51. The number of ketones is 1. The Morgan fingerprint density at radius 2 is 1.52 bits per heavy atom. The molecule has 222 valence electrons. The zero-order chi connectivity index (χ0) is 31.0. The molecule has 4 heteroatoms. The van der Waals surface area contributed by atoms with Crippen LogP contribution in [0.2, 0.25) is 0 Å². The second-order valence-electron chi connectivity index (χ2n) is 12.2. The van der Waals surface area contributed by atoms with Gasteiger partial charge in [-0.1, -0.05) is 91.6 Å². The largest absolute Gasteiger partial charge is 0.871 e. The number of benzene rings is 4. The van der Waals surface area contributed by atoms with Gasteiger partial charge in [0.2, 0.25) is 11.4 Å². The van der Waals surface area contributed by atoms with Crippen LogP contribution in [0.25, 0.3) is 11.1 Å². The molecule has 0 saturated heterocycles. The van der Waals surface area contributed by atoms with Crippen LogP contribution in [-0.4, -0.2) is 18.0 Å². The van der Waals surface area contributed by atoms with Crippen molar-refractivity contribution < 1.29 is 9.90 Å². The van der Waals surface area contributed by atoms with Crippen molar-refractivity contribution in [2.75, 3.05) is 4.90 Å². The first-order chi connectivity index (χ1) is 21.3. The van der Waals surface area contributed by atoms with Gasteiger partial charge in [-0.3, -0.25) is 4.79 Å². The molecule has 6 rings (SSSR count). The van der Waals surface area contributed by atoms with Crippen LogP contribution in [0.1, 0.15) is 67.3 Å². The number of allylic oxidation sites excluding steroid dienone is 3. The minimum Gasteiger partial charge on any atom is -0.871 e. The molecule has 44 heavy (non-hydrogen) atoms. The first kappa shape index (κ1) is 29.4. The van der Waals surface area contributed by atoms with Crippen molar-refractivity contribution in [1.29, 1.82) is 0 Å². The Balaban J connectivity index is 1.35. The van der Waals surface area contributed by atoms with Crippen LogP contribution in [0.3, 0.4) is 0 Å². The Labute approximate surface area is 261 Å². The predicted molar refractivity (Wildman–Crippen MR) is 182 cm³/mol. The fourth-order valence-electron chi connectivity index (χ4n) is 6.51. The van der Waals surface area contributed by atoms with Crippen molar-refractivity contribution in [3.05, 3.63) is 130 Å². The average molecular weight is 581 g/mol. The van der Waals surface area contributed by atoms with E-state index in [1.165, 1.54) is 41.6 Å². The molecular weight excluding hydrogens is 540 g/mol. The maximum atomic E-state index is 13.7. The molecular formula is C40H40N2O2. The maximum Gasteiger partial charge on any atom is 0.219 e. The van der Waals surface area contributed by atoms with Gasteiger partial charge in [-0.15, -0.1) is 0 Å². The van der Waals surface area contributed by atoms with Crippen LogP contribution in [0.5, 0.6) is 0 Å². The Morgan fingerprint density at radius 3 is 2.20 bits per heavy atom. The number of fused-ring (bicyclic) bond motifs is 1. The molecule has 1 unspecified atom stereocenters. The summed E-state index contributed by atoms with van der Waals surface area (Å²) >= 11 is 0. The van der Waals surface area contributed by atoms with Gasteiger partial charge in [0, 0.05) is 46.8 Å². The van der Waals surface area contributed by atoms with Crippen LogP contribution in [0.15, 0.2) is 102 Å². The van der Waals surface area contributed by atoms with E-state index in [1.54, 1.807) is 0 Å². The highest BCUT2D eigenvalue weighted by atomic mass is 16.3. The molecule has 1 atom stereocenters. The molecule has 0 fully saturated rings. The van der Waals surface area contributed by atoms with E-state index in [9.17, 15) is 9.90 Å². The molecule has 0 radical (unpaired) electrons. The van der Waals surface area contributed by atoms with E-state index in [-0.39, 0.29) is 22.7 Å². The normalized spacial score (nSPS) is 16.5. The molecule has 2 aliphatic rings. The van der Waals surface area contributed by atoms with Gasteiger partial charge in [0.25, 0.3) is 0 Å². The van der Waals surface area contributed by atoms with E-state index in [1.807, 2.05) is 42.6 Å². The molecule has 1 aliphatic carbocycles. The minimum absolute atomic E-state index is 0.186. The molecule has 0 spiro atoms. The van der Waals surface area contributed by atoms with Crippen LogP contribution in [-0.2, 0) is 4.79 Å². The first-order valence-electron chi connectivity index (χ1n) is 15.8. The van der Waals surface area contributed by atoms with Crippen LogP contribution in [0.4, 0.5) is 22.7 Å². The van der Waals surface area contributed by atoms with Gasteiger partial charge in [-0.05, 0) is 69.5 Å². The third kappa shape index (κ3) is 5.30. The third-order valence-electron chi connectivity index (χ3n) is 8.91. The zero-order valence-corrected chi connectivity index (χ0v) is 26.4. The molecule has 4 aromatic rings. The standard InChI is InChI=1S/C40H40N2O2/c1-6-7-8-11-29(5)42(35-23-16-27(3)24-28(35)4)32-21-17-30(18-22-32)37-39(43)38(40(37)44)34-25-41(31-19-14-26(2)15-20-31)36-13-10-9-12-33(34)36/h9-10,12-25,29H,6-8,11H2,1-5H3. The van der Waals surface area contributed by atoms with Gasteiger partial charge in [-0.2, -0.15) is 4.58 Å². The van der Waals surface area contributed by atoms with Gasteiger partial charge in [0.15, 0.2) is 12.0 Å². The number of aryl methyl sites for hydroxylation is 3. The van der Waals surface area contributed by atoms with Gasteiger partial charge in [0.1, 0.15) is 0 Å². The molecule has 0 saturated carbocycles. The maximum absolute atomic E-state index is 13.7. The van der Waals surface area contributed by atoms with Crippen molar-refractivity contribution in [3.8, 4) is 0 Å². The van der Waals surface area contributed by atoms with E-state index in [0.29, 0.717) is 17.2 Å². The lowest BCUT2D eigenvalue weighted by atomic mass is 9.80. The summed E-state index contributed by atoms with van der Waals surface area (Å²) in [7, 11) is 0. The molecule has 0 N–H and O–H groups in total. The summed E-state index contributed by atoms with van der Waals surface area (Å²) in [4.78, 5) is 16.1. The Hall–Kier alpha value is -4.70. The molecule has 1 aliphatic heterocycles. The van der Waals surface area contributed by atoms with Crippen molar-refractivity contribution in [3.63, 3.8) is 0 Å². The van der Waals surface area contributed by atoms with Crippen LogP contribution >= 0.6 is 0 Å². The van der Waals surface area contributed by atoms with Crippen molar-refractivity contribution in [2.45, 2.75) is 66.3 Å². The van der Waals surface area contributed by atoms with E-state index in [4.69, 9.17) is 0 Å². The zero-order valence-electron chi connectivity index (χ0n) is 26.4. The van der Waals surface area contributed by atoms with Crippen molar-refractivity contribution in [1.82, 2.24) is 4.58 Å². The summed E-state index contributed by atoms with van der Waals surface area (Å²) in [6, 6.07) is 31.1. The highest BCUT2D eigenvalue weighted by Gasteiger charge is 2.37. The Morgan fingerprint density at radius 1 is 0.818 bits per heavy atom. The summed E-state index contributed by atoms with van der Waals surface area (Å²) in [6.45, 7) is 10.9. The van der Waals surface area contributed by atoms with Crippen LogP contribution in [0, 0.1) is 20.8 Å². The second-order valence-corrected chi connectivity index (χ2v) is 12.2. The summed E-state index contributed by atoms with van der Waals surface area (Å²) in [5.41, 5.74) is 10.7. The van der Waals surface area contributed by atoms with Gasteiger partial charge < -0.3 is 10.0 Å². The number of para-hydroxylation sites is 1. The number of Topliss-reactive ketones (excluding diaryl/α,β-unsaturated/α-hetero) is 1. The van der Waals surface area contributed by atoms with E-state index in [0.717, 1.165) is 29.0 Å². The minimum atomic E-state index is -0.186. The molecule has 0 amide bonds. The van der Waals surface area contributed by atoms with Crippen LogP contribution < -0.4 is 14.6 Å². The molecule has 0 bridgehead atoms. The van der Waals surface area contributed by atoms with Crippen molar-refractivity contribution in [2.24, 2.45) is 0 Å². The molecule has 1 heterocycles. The lowest BCUT2D eigenvalue weighted by Gasteiger charge is -2.34. The second kappa shape index (κ2) is 12.1. The molecule has 4 aromatic carbocycles. The first-order valence-corrected chi connectivity index (χ1v) is 15.8. The number of anilines is 2. The number of hydrogen-bond donors (Lipinski definition) is 0. The number of hydrogen-bond acceptors (Lipinski definition) is 3. The molecule has 0 aromatic heterocycles. The SMILES string of the molecule is CCCCCC(C)N(c1ccc(C2=C([O-])/C(=C3/C=[N+](c4ccc(C)cc4)c4ccccc43)C2=O)cc1)c1ccc(C)cc1C. The van der Waals surface area contributed by atoms with E-state index >= 15 is 0 Å². The Kier molecular flexibility index (Phi) is 8.09. The number of unbranched alkanes of at least 4 members (excludes halogenated alkanes) is 2. The van der Waals surface area contributed by atoms with Gasteiger partial charge >= 0.3 is 0 Å². The smallest absolute Gasteiger partial charge is 0.219 e.